The molecule has 0 bridgehead atoms. The Morgan fingerprint density at radius 1 is 1.00 bits per heavy atom. The lowest BCUT2D eigenvalue weighted by atomic mass is 10.2. The van der Waals surface area contributed by atoms with Gasteiger partial charge in [-0.15, -0.1) is 0 Å². The van der Waals surface area contributed by atoms with Crippen LogP contribution in [0.3, 0.4) is 0 Å². The Hall–Kier alpha value is -2.40. The highest BCUT2D eigenvalue weighted by molar-refractivity contribution is 6.31. The van der Waals surface area contributed by atoms with Crippen LogP contribution in [0.25, 0.3) is 0 Å². The van der Waals surface area contributed by atoms with Crippen LogP contribution < -0.4 is 20.1 Å². The standard InChI is InChI=1S/C16H17ClN2O3/c1-10-4-5-11(17)8-13(10)19-16(20)18-12-6-7-14(21-2)15(9-12)22-3/h4-9H,1-3H3,(H2,18,19,20). The summed E-state index contributed by atoms with van der Waals surface area (Å²) in [5.41, 5.74) is 2.17. The van der Waals surface area contributed by atoms with E-state index in [1.165, 1.54) is 7.11 Å². The fourth-order valence-corrected chi connectivity index (χ4v) is 2.10. The predicted molar refractivity (Wildman–Crippen MR) is 88.4 cm³/mol. The Morgan fingerprint density at radius 3 is 2.41 bits per heavy atom. The van der Waals surface area contributed by atoms with Crippen LogP contribution in [-0.4, -0.2) is 20.3 Å². The number of rotatable bonds is 4. The molecule has 0 aliphatic heterocycles. The van der Waals surface area contributed by atoms with Gasteiger partial charge in [-0.05, 0) is 36.8 Å². The van der Waals surface area contributed by atoms with Crippen molar-refractivity contribution in [3.05, 3.63) is 47.0 Å². The van der Waals surface area contributed by atoms with Gasteiger partial charge in [-0.3, -0.25) is 0 Å². The van der Waals surface area contributed by atoms with Gasteiger partial charge in [0.15, 0.2) is 11.5 Å². The number of ether oxygens (including phenoxy) is 2. The molecule has 2 rings (SSSR count). The second-order valence-electron chi connectivity index (χ2n) is 4.61. The zero-order valence-corrected chi connectivity index (χ0v) is 13.3. The van der Waals surface area contributed by atoms with Gasteiger partial charge in [0.2, 0.25) is 0 Å². The van der Waals surface area contributed by atoms with E-state index in [2.05, 4.69) is 10.6 Å². The molecular weight excluding hydrogens is 304 g/mol. The van der Waals surface area contributed by atoms with E-state index in [4.69, 9.17) is 21.1 Å². The summed E-state index contributed by atoms with van der Waals surface area (Å²) in [5, 5.41) is 6.06. The molecule has 0 saturated heterocycles. The van der Waals surface area contributed by atoms with Crippen LogP contribution in [0.2, 0.25) is 5.02 Å². The highest BCUT2D eigenvalue weighted by Crippen LogP contribution is 2.29. The van der Waals surface area contributed by atoms with Crippen LogP contribution in [-0.2, 0) is 0 Å². The smallest absolute Gasteiger partial charge is 0.323 e. The van der Waals surface area contributed by atoms with Crippen LogP contribution in [0.4, 0.5) is 16.2 Å². The third kappa shape index (κ3) is 3.83. The van der Waals surface area contributed by atoms with Gasteiger partial charge in [-0.25, -0.2) is 4.79 Å². The van der Waals surface area contributed by atoms with E-state index in [9.17, 15) is 4.79 Å². The Morgan fingerprint density at radius 2 is 1.73 bits per heavy atom. The first kappa shape index (κ1) is 16.0. The number of nitrogens with one attached hydrogen (secondary N) is 2. The van der Waals surface area contributed by atoms with E-state index in [1.807, 2.05) is 13.0 Å². The highest BCUT2D eigenvalue weighted by Gasteiger charge is 2.09. The lowest BCUT2D eigenvalue weighted by Crippen LogP contribution is -2.20. The quantitative estimate of drug-likeness (QED) is 0.882. The lowest BCUT2D eigenvalue weighted by molar-refractivity contribution is 0.262. The summed E-state index contributed by atoms with van der Waals surface area (Å²) in [5.74, 6) is 1.14. The minimum absolute atomic E-state index is 0.363. The molecule has 0 spiro atoms. The molecule has 0 aromatic heterocycles. The van der Waals surface area contributed by atoms with Crippen molar-refractivity contribution in [2.24, 2.45) is 0 Å². The van der Waals surface area contributed by atoms with E-state index in [0.717, 1.165) is 5.56 Å². The molecule has 2 aromatic carbocycles. The first-order chi connectivity index (χ1) is 10.5. The van der Waals surface area contributed by atoms with Crippen LogP contribution in [0.15, 0.2) is 36.4 Å². The fourth-order valence-electron chi connectivity index (χ4n) is 1.93. The van der Waals surface area contributed by atoms with Gasteiger partial charge in [0.1, 0.15) is 0 Å². The first-order valence-corrected chi connectivity index (χ1v) is 6.97. The zero-order valence-electron chi connectivity index (χ0n) is 12.6. The minimum Gasteiger partial charge on any atom is -0.493 e. The monoisotopic (exact) mass is 320 g/mol. The maximum absolute atomic E-state index is 12.1. The Bertz CT molecular complexity index is 689. The Labute approximate surface area is 134 Å². The van der Waals surface area contributed by atoms with E-state index in [-0.39, 0.29) is 6.03 Å². The molecule has 0 atom stereocenters. The van der Waals surface area contributed by atoms with Crippen molar-refractivity contribution in [1.29, 1.82) is 0 Å². The Kier molecular flexibility index (Phi) is 5.12. The molecule has 0 aliphatic carbocycles. The van der Waals surface area contributed by atoms with Crippen LogP contribution in [0, 0.1) is 6.92 Å². The largest absolute Gasteiger partial charge is 0.493 e. The molecule has 0 radical (unpaired) electrons. The number of benzene rings is 2. The number of anilines is 2. The van der Waals surface area contributed by atoms with Crippen molar-refractivity contribution in [2.45, 2.75) is 6.92 Å². The lowest BCUT2D eigenvalue weighted by Gasteiger charge is -2.12. The number of carbonyl (C=O) groups is 1. The molecule has 0 fully saturated rings. The Balaban J connectivity index is 2.10. The first-order valence-electron chi connectivity index (χ1n) is 6.59. The molecule has 0 aliphatic rings. The van der Waals surface area contributed by atoms with Gasteiger partial charge in [0, 0.05) is 22.5 Å². The maximum atomic E-state index is 12.1. The maximum Gasteiger partial charge on any atom is 0.323 e. The topological polar surface area (TPSA) is 59.6 Å². The SMILES string of the molecule is COc1ccc(NC(=O)Nc2cc(Cl)ccc2C)cc1OC. The molecule has 6 heteroatoms. The van der Waals surface area contributed by atoms with Gasteiger partial charge < -0.3 is 20.1 Å². The van der Waals surface area contributed by atoms with Gasteiger partial charge >= 0.3 is 6.03 Å². The summed E-state index contributed by atoms with van der Waals surface area (Å²) in [6.07, 6.45) is 0. The number of hydrogen-bond acceptors (Lipinski definition) is 3. The van der Waals surface area contributed by atoms with Gasteiger partial charge in [-0.1, -0.05) is 17.7 Å². The van der Waals surface area contributed by atoms with Crippen molar-refractivity contribution >= 4 is 29.0 Å². The van der Waals surface area contributed by atoms with Crippen molar-refractivity contribution in [3.8, 4) is 11.5 Å². The second-order valence-corrected chi connectivity index (χ2v) is 5.04. The average molecular weight is 321 g/mol. The van der Waals surface area contributed by atoms with Crippen molar-refractivity contribution in [3.63, 3.8) is 0 Å². The number of methoxy groups -OCH3 is 2. The third-order valence-corrected chi connectivity index (χ3v) is 3.32. The number of urea groups is 1. The zero-order chi connectivity index (χ0) is 16.1. The summed E-state index contributed by atoms with van der Waals surface area (Å²) in [6.45, 7) is 1.89. The molecular formula is C16H17ClN2O3. The van der Waals surface area contributed by atoms with E-state index in [1.54, 1.807) is 37.4 Å². The highest BCUT2D eigenvalue weighted by atomic mass is 35.5. The molecule has 2 aromatic rings. The van der Waals surface area contributed by atoms with Crippen molar-refractivity contribution in [2.75, 3.05) is 24.9 Å². The summed E-state index contributed by atoms with van der Waals surface area (Å²) in [7, 11) is 3.09. The number of hydrogen-bond donors (Lipinski definition) is 2. The van der Waals surface area contributed by atoms with Crippen LogP contribution in [0.5, 0.6) is 11.5 Å². The van der Waals surface area contributed by atoms with E-state index < -0.39 is 0 Å². The van der Waals surface area contributed by atoms with E-state index >= 15 is 0 Å². The third-order valence-electron chi connectivity index (χ3n) is 3.09. The number of aryl methyl sites for hydroxylation is 1. The molecule has 2 amide bonds. The number of carbonyl (C=O) groups excluding carboxylic acids is 1. The van der Waals surface area contributed by atoms with Gasteiger partial charge in [-0.2, -0.15) is 0 Å². The van der Waals surface area contributed by atoms with Crippen molar-refractivity contribution < 1.29 is 14.3 Å². The summed E-state index contributed by atoms with van der Waals surface area (Å²) >= 11 is 5.93. The number of amides is 2. The van der Waals surface area contributed by atoms with E-state index in [0.29, 0.717) is 27.9 Å². The fraction of sp³-hybridized carbons (Fsp3) is 0.188. The van der Waals surface area contributed by atoms with Crippen molar-refractivity contribution in [1.82, 2.24) is 0 Å². The van der Waals surface area contributed by atoms with Crippen LogP contribution >= 0.6 is 11.6 Å². The normalized spacial score (nSPS) is 10.0. The summed E-state index contributed by atoms with van der Waals surface area (Å²) in [4.78, 5) is 12.1. The predicted octanol–water partition coefficient (Wildman–Crippen LogP) is 4.31. The van der Waals surface area contributed by atoms with Gasteiger partial charge in [0.05, 0.1) is 14.2 Å². The molecule has 2 N–H and O–H groups in total. The molecule has 0 saturated carbocycles. The molecule has 116 valence electrons. The van der Waals surface area contributed by atoms with Crippen LogP contribution in [0.1, 0.15) is 5.56 Å². The summed E-state index contributed by atoms with van der Waals surface area (Å²) in [6, 6.07) is 10.1. The molecule has 0 unspecified atom stereocenters. The molecule has 5 nitrogen and oxygen atoms in total. The summed E-state index contributed by atoms with van der Waals surface area (Å²) < 4.78 is 10.4. The average Bonchev–Trinajstić information content (AvgIpc) is 2.50. The number of halogens is 1. The second kappa shape index (κ2) is 7.04. The molecule has 0 heterocycles. The minimum atomic E-state index is -0.363. The van der Waals surface area contributed by atoms with Gasteiger partial charge in [0.25, 0.3) is 0 Å². The molecule has 22 heavy (non-hydrogen) atoms.